The molecule has 1 aromatic carbocycles. The molecule has 1 aromatic rings. The molecular formula is C16H19F5. The minimum Gasteiger partial charge on any atom is -0.196 e. The first-order valence-corrected chi connectivity index (χ1v) is 7.29. The molecule has 0 nitrogen and oxygen atoms in total. The molecule has 1 fully saturated rings. The van der Waals surface area contributed by atoms with Gasteiger partial charge >= 0.3 is 12.1 Å². The first kappa shape index (κ1) is 16.2. The van der Waals surface area contributed by atoms with Crippen LogP contribution >= 0.6 is 0 Å². The first-order chi connectivity index (χ1) is 9.75. The second-order valence-corrected chi connectivity index (χ2v) is 5.76. The van der Waals surface area contributed by atoms with Gasteiger partial charge in [0.1, 0.15) is 0 Å². The molecule has 0 aliphatic heterocycles. The van der Waals surface area contributed by atoms with Crippen molar-refractivity contribution in [3.63, 3.8) is 0 Å². The molecule has 0 heterocycles. The lowest BCUT2D eigenvalue weighted by Crippen LogP contribution is -2.44. The fourth-order valence-electron chi connectivity index (χ4n) is 3.05. The Bertz CT molecular complexity index is 453. The molecule has 118 valence electrons. The summed E-state index contributed by atoms with van der Waals surface area (Å²) in [5, 5.41) is 0. The van der Waals surface area contributed by atoms with Crippen molar-refractivity contribution in [2.45, 2.75) is 57.0 Å². The Morgan fingerprint density at radius 1 is 0.905 bits per heavy atom. The highest BCUT2D eigenvalue weighted by molar-refractivity contribution is 5.25. The topological polar surface area (TPSA) is 0 Å². The van der Waals surface area contributed by atoms with Crippen LogP contribution in [-0.4, -0.2) is 12.1 Å². The van der Waals surface area contributed by atoms with E-state index in [0.717, 1.165) is 12.0 Å². The Morgan fingerprint density at radius 2 is 1.43 bits per heavy atom. The van der Waals surface area contributed by atoms with Crippen LogP contribution in [0.1, 0.15) is 49.7 Å². The van der Waals surface area contributed by atoms with Gasteiger partial charge in [0.2, 0.25) is 0 Å². The van der Waals surface area contributed by atoms with Crippen molar-refractivity contribution in [2.75, 3.05) is 0 Å². The number of aryl methyl sites for hydroxylation is 1. The summed E-state index contributed by atoms with van der Waals surface area (Å²) in [5.41, 5.74) is 2.23. The van der Waals surface area contributed by atoms with Crippen molar-refractivity contribution in [2.24, 2.45) is 5.92 Å². The van der Waals surface area contributed by atoms with Crippen LogP contribution in [0.2, 0.25) is 0 Å². The molecule has 0 atom stereocenters. The van der Waals surface area contributed by atoms with E-state index in [4.69, 9.17) is 0 Å². The lowest BCUT2D eigenvalue weighted by molar-refractivity contribution is -0.305. The quantitative estimate of drug-likeness (QED) is 0.626. The van der Waals surface area contributed by atoms with Crippen LogP contribution in [0.25, 0.3) is 0 Å². The fraction of sp³-hybridized carbons (Fsp3) is 0.625. The van der Waals surface area contributed by atoms with E-state index in [-0.39, 0.29) is 18.8 Å². The third-order valence-corrected chi connectivity index (χ3v) is 4.48. The number of benzene rings is 1. The molecular weight excluding hydrogens is 287 g/mol. The van der Waals surface area contributed by atoms with Crippen LogP contribution in [0.3, 0.4) is 0 Å². The van der Waals surface area contributed by atoms with Gasteiger partial charge in [-0.05, 0) is 49.1 Å². The summed E-state index contributed by atoms with van der Waals surface area (Å²) < 4.78 is 63.8. The maximum atomic E-state index is 13.3. The lowest BCUT2D eigenvalue weighted by Gasteiger charge is -2.34. The smallest absolute Gasteiger partial charge is 0.196 e. The van der Waals surface area contributed by atoms with E-state index in [2.05, 4.69) is 0 Å². The van der Waals surface area contributed by atoms with Crippen molar-refractivity contribution >= 4 is 0 Å². The summed E-state index contributed by atoms with van der Waals surface area (Å²) in [5.74, 6) is -6.05. The third-order valence-electron chi connectivity index (χ3n) is 4.48. The van der Waals surface area contributed by atoms with E-state index < -0.39 is 18.0 Å². The SMILES string of the molecule is CCc1ccc(C2CCC(C(F)(F)C(F)(F)F)CC2)cc1. The van der Waals surface area contributed by atoms with Gasteiger partial charge in [-0.15, -0.1) is 0 Å². The second-order valence-electron chi connectivity index (χ2n) is 5.76. The zero-order valence-electron chi connectivity index (χ0n) is 11.9. The molecule has 0 unspecified atom stereocenters. The van der Waals surface area contributed by atoms with Gasteiger partial charge in [-0.1, -0.05) is 31.2 Å². The summed E-state index contributed by atoms with van der Waals surface area (Å²) in [6.45, 7) is 2.04. The standard InChI is InChI=1S/C16H19F5/c1-2-11-3-5-12(6-4-11)13-7-9-14(10-8-13)15(17,18)16(19,20)21/h3-6,13-14H,2,7-10H2,1H3. The van der Waals surface area contributed by atoms with E-state index in [1.165, 1.54) is 5.56 Å². The summed E-state index contributed by atoms with van der Waals surface area (Å²) in [4.78, 5) is 0. The minimum atomic E-state index is -5.44. The fourth-order valence-corrected chi connectivity index (χ4v) is 3.05. The molecule has 0 saturated heterocycles. The van der Waals surface area contributed by atoms with E-state index in [1.54, 1.807) is 0 Å². The number of alkyl halides is 5. The van der Waals surface area contributed by atoms with E-state index in [0.29, 0.717) is 12.8 Å². The molecule has 2 rings (SSSR count). The predicted molar refractivity (Wildman–Crippen MR) is 71.5 cm³/mol. The Kier molecular flexibility index (Phi) is 4.59. The Hall–Kier alpha value is -1.13. The zero-order chi connectivity index (χ0) is 15.7. The summed E-state index contributed by atoms with van der Waals surface area (Å²) in [6.07, 6.45) is -3.89. The minimum absolute atomic E-state index is 0.0767. The highest BCUT2D eigenvalue weighted by Crippen LogP contribution is 2.49. The van der Waals surface area contributed by atoms with Crippen molar-refractivity contribution in [1.29, 1.82) is 0 Å². The maximum Gasteiger partial charge on any atom is 0.453 e. The third kappa shape index (κ3) is 3.38. The van der Waals surface area contributed by atoms with Gasteiger partial charge in [0.05, 0.1) is 0 Å². The largest absolute Gasteiger partial charge is 0.453 e. The van der Waals surface area contributed by atoms with Crippen LogP contribution in [0, 0.1) is 5.92 Å². The van der Waals surface area contributed by atoms with E-state index >= 15 is 0 Å². The Labute approximate surface area is 121 Å². The first-order valence-electron chi connectivity index (χ1n) is 7.29. The van der Waals surface area contributed by atoms with Crippen molar-refractivity contribution in [3.8, 4) is 0 Å². The van der Waals surface area contributed by atoms with Crippen molar-refractivity contribution in [1.82, 2.24) is 0 Å². The lowest BCUT2D eigenvalue weighted by atomic mass is 9.76. The predicted octanol–water partition coefficient (Wildman–Crippen LogP) is 5.72. The van der Waals surface area contributed by atoms with Crippen LogP contribution in [0.5, 0.6) is 0 Å². The van der Waals surface area contributed by atoms with Gasteiger partial charge in [0.15, 0.2) is 0 Å². The molecule has 0 spiro atoms. The van der Waals surface area contributed by atoms with E-state index in [1.807, 2.05) is 31.2 Å². The second kappa shape index (κ2) is 5.93. The molecule has 5 heteroatoms. The Morgan fingerprint density at radius 3 is 1.86 bits per heavy atom. The molecule has 0 amide bonds. The van der Waals surface area contributed by atoms with Crippen molar-refractivity contribution in [3.05, 3.63) is 35.4 Å². The van der Waals surface area contributed by atoms with Gasteiger partial charge in [-0.25, -0.2) is 0 Å². The van der Waals surface area contributed by atoms with Gasteiger partial charge in [-0.3, -0.25) is 0 Å². The van der Waals surface area contributed by atoms with Crippen LogP contribution in [0.15, 0.2) is 24.3 Å². The summed E-state index contributed by atoms with van der Waals surface area (Å²) in [6, 6.07) is 7.91. The monoisotopic (exact) mass is 306 g/mol. The number of rotatable bonds is 3. The number of hydrogen-bond acceptors (Lipinski definition) is 0. The average molecular weight is 306 g/mol. The summed E-state index contributed by atoms with van der Waals surface area (Å²) in [7, 11) is 0. The summed E-state index contributed by atoms with van der Waals surface area (Å²) >= 11 is 0. The number of hydrogen-bond donors (Lipinski definition) is 0. The normalized spacial score (nSPS) is 24.1. The molecule has 1 aliphatic carbocycles. The molecule has 1 aliphatic rings. The highest BCUT2D eigenvalue weighted by Gasteiger charge is 2.62. The molecule has 1 saturated carbocycles. The maximum absolute atomic E-state index is 13.3. The molecule has 0 N–H and O–H groups in total. The molecule has 0 aromatic heterocycles. The zero-order valence-corrected chi connectivity index (χ0v) is 11.9. The van der Waals surface area contributed by atoms with E-state index in [9.17, 15) is 22.0 Å². The van der Waals surface area contributed by atoms with Gasteiger partial charge in [0.25, 0.3) is 0 Å². The molecule has 21 heavy (non-hydrogen) atoms. The highest BCUT2D eigenvalue weighted by atomic mass is 19.4. The van der Waals surface area contributed by atoms with Crippen LogP contribution in [-0.2, 0) is 6.42 Å². The van der Waals surface area contributed by atoms with Crippen LogP contribution < -0.4 is 0 Å². The van der Waals surface area contributed by atoms with Gasteiger partial charge in [-0.2, -0.15) is 22.0 Å². The van der Waals surface area contributed by atoms with Gasteiger partial charge in [0, 0.05) is 5.92 Å². The van der Waals surface area contributed by atoms with Crippen molar-refractivity contribution < 1.29 is 22.0 Å². The molecule has 0 radical (unpaired) electrons. The molecule has 0 bridgehead atoms. The Balaban J connectivity index is 1.99. The average Bonchev–Trinajstić information content (AvgIpc) is 2.46. The van der Waals surface area contributed by atoms with Crippen LogP contribution in [0.4, 0.5) is 22.0 Å². The number of halogens is 5. The van der Waals surface area contributed by atoms with Gasteiger partial charge < -0.3 is 0 Å².